The van der Waals surface area contributed by atoms with Crippen LogP contribution in [0.25, 0.3) is 0 Å². The molecule has 398 valence electrons. The summed E-state index contributed by atoms with van der Waals surface area (Å²) in [7, 11) is -2.02. The van der Waals surface area contributed by atoms with E-state index in [2.05, 4.69) is 107 Å². The first-order chi connectivity index (χ1) is 34.3. The number of aliphatic carboxylic acids is 1. The van der Waals surface area contributed by atoms with Crippen LogP contribution >= 0.6 is 8.60 Å². The molecule has 3 rings (SSSR count). The van der Waals surface area contributed by atoms with Gasteiger partial charge in [0.05, 0.1) is 5.92 Å². The molecule has 0 aromatic heterocycles. The van der Waals surface area contributed by atoms with Crippen molar-refractivity contribution >= 4 is 14.6 Å². The number of carbonyl (C=O) groups is 1. The molecule has 1 aliphatic rings. The summed E-state index contributed by atoms with van der Waals surface area (Å²) in [4.78, 5) is 13.8. The van der Waals surface area contributed by atoms with Crippen molar-refractivity contribution in [2.45, 2.75) is 291 Å². The minimum Gasteiger partial charge on any atom is -0.481 e. The van der Waals surface area contributed by atoms with E-state index in [4.69, 9.17) is 13.6 Å². The maximum absolute atomic E-state index is 13.8. The van der Waals surface area contributed by atoms with Crippen LogP contribution in [0.2, 0.25) is 0 Å². The van der Waals surface area contributed by atoms with Crippen LogP contribution in [0.15, 0.2) is 72.8 Å². The molecule has 1 N–H and O–H groups in total. The lowest BCUT2D eigenvalue weighted by molar-refractivity contribution is -0.152. The molecule has 0 spiro atoms. The van der Waals surface area contributed by atoms with E-state index < -0.39 is 31.5 Å². The molecule has 0 heterocycles. The lowest BCUT2D eigenvalue weighted by Gasteiger charge is -2.50. The minimum atomic E-state index is -2.02. The molecule has 2 aromatic rings. The first-order valence-electron chi connectivity index (χ1n) is 29.9. The Morgan fingerprint density at radius 1 is 0.471 bits per heavy atom. The van der Waals surface area contributed by atoms with Gasteiger partial charge in [-0.3, -0.25) is 9.32 Å². The van der Waals surface area contributed by atoms with Crippen LogP contribution in [0.1, 0.15) is 283 Å². The van der Waals surface area contributed by atoms with Crippen LogP contribution in [0.3, 0.4) is 0 Å². The lowest BCUT2D eigenvalue weighted by Crippen LogP contribution is -2.53. The normalized spacial score (nSPS) is 17.1. The number of hydrogen-bond acceptors (Lipinski definition) is 4. The molecule has 3 atom stereocenters. The Morgan fingerprint density at radius 2 is 0.814 bits per heavy atom. The number of carboxylic acid groups (broad SMARTS) is 1. The smallest absolute Gasteiger partial charge is 0.463 e. The summed E-state index contributed by atoms with van der Waals surface area (Å²) in [5, 5.41) is 11.4. The van der Waals surface area contributed by atoms with Crippen molar-refractivity contribution in [3.63, 3.8) is 0 Å². The molecule has 5 nitrogen and oxygen atoms in total. The van der Waals surface area contributed by atoms with Crippen LogP contribution in [-0.4, -0.2) is 16.7 Å². The second-order valence-corrected chi connectivity index (χ2v) is 22.5. The van der Waals surface area contributed by atoms with Gasteiger partial charge in [0, 0.05) is 5.41 Å². The van der Waals surface area contributed by atoms with Gasteiger partial charge in [0.25, 0.3) is 0 Å². The average molecular weight is 988 g/mol. The fourth-order valence-corrected chi connectivity index (χ4v) is 12.2. The molecule has 3 unspecified atom stereocenters. The first-order valence-corrected chi connectivity index (χ1v) is 31.0. The van der Waals surface area contributed by atoms with Gasteiger partial charge in [0.2, 0.25) is 0 Å². The summed E-state index contributed by atoms with van der Waals surface area (Å²) in [5.74, 6) is 0.275. The molecular formula is C64H107O5P. The zero-order valence-corrected chi connectivity index (χ0v) is 47.0. The number of unbranched alkanes of at least 4 members (excludes halogenated alkanes) is 31. The molecule has 0 radical (unpaired) electrons. The molecule has 2 aromatic carbocycles. The Morgan fingerprint density at radius 3 is 1.21 bits per heavy atom. The van der Waals surface area contributed by atoms with Gasteiger partial charge in [0.15, 0.2) is 0 Å². The van der Waals surface area contributed by atoms with Gasteiger partial charge in [-0.05, 0) is 68.7 Å². The number of benzene rings is 2. The number of carboxylic acids is 1. The van der Waals surface area contributed by atoms with Crippen molar-refractivity contribution in [1.29, 1.82) is 0 Å². The van der Waals surface area contributed by atoms with Crippen molar-refractivity contribution in [2.75, 3.05) is 0 Å². The Hall–Kier alpha value is -2.62. The molecule has 0 bridgehead atoms. The van der Waals surface area contributed by atoms with Crippen molar-refractivity contribution in [3.05, 3.63) is 84.0 Å². The van der Waals surface area contributed by atoms with Gasteiger partial charge >= 0.3 is 14.6 Å². The van der Waals surface area contributed by atoms with Crippen LogP contribution in [-0.2, 0) is 22.2 Å². The van der Waals surface area contributed by atoms with E-state index in [-0.39, 0.29) is 0 Å². The fraction of sp³-hybridized carbons (Fsp3) is 0.734. The maximum atomic E-state index is 13.8. The molecule has 0 saturated heterocycles. The summed E-state index contributed by atoms with van der Waals surface area (Å²) in [6, 6.07) is 16.9. The Bertz CT molecular complexity index is 1580. The van der Waals surface area contributed by atoms with Crippen LogP contribution in [0.5, 0.6) is 11.5 Å². The zero-order valence-electron chi connectivity index (χ0n) is 46.1. The summed E-state index contributed by atoms with van der Waals surface area (Å²) >= 11 is 0. The van der Waals surface area contributed by atoms with Crippen LogP contribution < -0.4 is 9.05 Å². The lowest BCUT2D eigenvalue weighted by atomic mass is 9.59. The van der Waals surface area contributed by atoms with Crippen molar-refractivity contribution in [3.8, 4) is 11.5 Å². The van der Waals surface area contributed by atoms with E-state index in [0.29, 0.717) is 6.42 Å². The van der Waals surface area contributed by atoms with Crippen LogP contribution in [0.4, 0.5) is 0 Å². The number of rotatable bonds is 47. The molecule has 70 heavy (non-hydrogen) atoms. The largest absolute Gasteiger partial charge is 0.481 e. The number of aryl methyl sites for hydroxylation is 2. The van der Waals surface area contributed by atoms with Crippen LogP contribution in [0, 0.1) is 11.3 Å². The first kappa shape index (κ1) is 61.7. The maximum Gasteiger partial charge on any atom is 0.463 e. The molecule has 1 aliphatic carbocycles. The van der Waals surface area contributed by atoms with Gasteiger partial charge in [0.1, 0.15) is 17.1 Å². The van der Waals surface area contributed by atoms with E-state index in [0.717, 1.165) is 69.3 Å². The highest BCUT2D eigenvalue weighted by molar-refractivity contribution is 7.42. The standard InChI is InChI=1S/C64H107O5P/c1-6-10-14-18-22-23-24-25-26-27-28-31-35-39-51-59(62(65)66)64(55-44-36-32-21-17-13-9-4)56-46-45-54-63(64,5)69-70(67-60-52-42-40-49-57(60)47-37-33-29-19-15-11-7-2)68-61-53-43-41-50-58(61)48-38-34-30-20-16-12-8-3/h40-43,45-46,49-50,52-54,56,59H,6-39,44,47-48,51,55H2,1-5H3,(H,65,66). The minimum absolute atomic E-state index is 0.609. The van der Waals surface area contributed by atoms with E-state index in [1.165, 1.54) is 197 Å². The average Bonchev–Trinajstić information content (AvgIpc) is 3.35. The second kappa shape index (κ2) is 39.9. The monoisotopic (exact) mass is 987 g/mol. The highest BCUT2D eigenvalue weighted by atomic mass is 31.2. The zero-order chi connectivity index (χ0) is 50.2. The van der Waals surface area contributed by atoms with Crippen molar-refractivity contribution in [2.24, 2.45) is 11.3 Å². The topological polar surface area (TPSA) is 65.0 Å². The molecule has 0 amide bonds. The quantitative estimate of drug-likeness (QED) is 0.0529. The third kappa shape index (κ3) is 24.9. The predicted octanol–water partition coefficient (Wildman–Crippen LogP) is 21.6. The van der Waals surface area contributed by atoms with E-state index in [9.17, 15) is 9.90 Å². The molecule has 0 saturated carbocycles. The summed E-state index contributed by atoms with van der Waals surface area (Å²) < 4.78 is 21.6. The van der Waals surface area contributed by atoms with Gasteiger partial charge in [-0.2, -0.15) is 0 Å². The fourth-order valence-electron chi connectivity index (χ4n) is 10.9. The Labute approximate surface area is 433 Å². The highest BCUT2D eigenvalue weighted by Crippen LogP contribution is 2.58. The van der Waals surface area contributed by atoms with Gasteiger partial charge in [-0.1, -0.05) is 300 Å². The van der Waals surface area contributed by atoms with E-state index >= 15 is 0 Å². The summed E-state index contributed by atoms with van der Waals surface area (Å²) in [6.07, 6.45) is 55.5. The Kier molecular flexibility index (Phi) is 35.1. The predicted molar refractivity (Wildman–Crippen MR) is 303 cm³/mol. The van der Waals surface area contributed by atoms with Gasteiger partial charge in [-0.25, -0.2) is 0 Å². The SMILES string of the molecule is CCCCCCCCCCCCCCCCC(C(=O)O)C1(CCCCCCCCC)C=CC=CC1(C)OP(Oc1ccccc1CCCCCCCCC)Oc1ccccc1CCCCCCCCC. The number of hydrogen-bond donors (Lipinski definition) is 1. The molecule has 0 aliphatic heterocycles. The third-order valence-corrected chi connectivity index (χ3v) is 16.7. The second-order valence-electron chi connectivity index (χ2n) is 21.5. The highest BCUT2D eigenvalue weighted by Gasteiger charge is 2.56. The van der Waals surface area contributed by atoms with E-state index in [1.54, 1.807) is 0 Å². The Balaban J connectivity index is 1.88. The number of para-hydroxylation sites is 2. The van der Waals surface area contributed by atoms with E-state index in [1.807, 2.05) is 0 Å². The summed E-state index contributed by atoms with van der Waals surface area (Å²) in [6.45, 7) is 11.2. The van der Waals surface area contributed by atoms with Crippen molar-refractivity contribution in [1.82, 2.24) is 0 Å². The van der Waals surface area contributed by atoms with Gasteiger partial charge < -0.3 is 14.2 Å². The third-order valence-electron chi connectivity index (χ3n) is 15.5. The molecular weight excluding hydrogens is 880 g/mol. The summed E-state index contributed by atoms with van der Waals surface area (Å²) in [5.41, 5.74) is 0.573. The van der Waals surface area contributed by atoms with Crippen molar-refractivity contribution < 1.29 is 23.5 Å². The number of allylic oxidation sites excluding steroid dienone is 2. The molecule has 6 heteroatoms. The van der Waals surface area contributed by atoms with Gasteiger partial charge in [-0.15, -0.1) is 0 Å². The molecule has 0 fully saturated rings.